The van der Waals surface area contributed by atoms with Crippen molar-refractivity contribution in [1.82, 2.24) is 0 Å². The molecule has 5 aliphatic carbocycles. The summed E-state index contributed by atoms with van der Waals surface area (Å²) in [6.45, 7) is 18.8. The lowest BCUT2D eigenvalue weighted by molar-refractivity contribution is -0.368. The molecule has 5 aliphatic heterocycles. The minimum absolute atomic E-state index is 0.0405. The van der Waals surface area contributed by atoms with E-state index in [4.69, 9.17) is 61.6 Å². The van der Waals surface area contributed by atoms with Crippen molar-refractivity contribution < 1.29 is 162 Å². The highest BCUT2D eigenvalue weighted by Crippen LogP contribution is 2.76. The number of fused-ring (bicyclic) bond motifs is 7. The first-order valence-electron chi connectivity index (χ1n) is 36.6. The number of ether oxygens (including phenoxy) is 13. The molecule has 0 amide bonds. The van der Waals surface area contributed by atoms with E-state index in [0.29, 0.717) is 32.1 Å². The summed E-state index contributed by atoms with van der Waals surface area (Å²) in [5.41, 5.74) is -4.58. The first-order chi connectivity index (χ1) is 48.6. The van der Waals surface area contributed by atoms with Gasteiger partial charge in [0.05, 0.1) is 81.8 Å². The normalized spacial score (nSPS) is 49.4. The van der Waals surface area contributed by atoms with Crippen molar-refractivity contribution in [3.05, 3.63) is 11.6 Å². The van der Waals surface area contributed by atoms with E-state index >= 15 is 4.79 Å². The number of rotatable bonds is 22. The summed E-state index contributed by atoms with van der Waals surface area (Å²) in [7, 11) is 0. The second-order valence-corrected chi connectivity index (χ2v) is 33.2. The average Bonchev–Trinajstić information content (AvgIpc) is 0.730. The van der Waals surface area contributed by atoms with Crippen LogP contribution in [-0.2, 0) is 80.8 Å². The predicted molar refractivity (Wildman–Crippen MR) is 350 cm³/mol. The van der Waals surface area contributed by atoms with Gasteiger partial charge in [0.25, 0.3) is 0 Å². The van der Waals surface area contributed by atoms with Crippen LogP contribution in [0.3, 0.4) is 0 Å². The van der Waals surface area contributed by atoms with E-state index in [1.807, 2.05) is 0 Å². The molecule has 9 fully saturated rings. The molecular weight excluding hydrogens is 1380 g/mol. The number of aliphatic hydroxyl groups is 16. The van der Waals surface area contributed by atoms with Gasteiger partial charge < -0.3 is 143 Å². The minimum atomic E-state index is -2.12. The maximum atomic E-state index is 16.0. The number of hydrogen-bond acceptors (Lipinski definition) is 33. The second-order valence-electron chi connectivity index (χ2n) is 33.2. The van der Waals surface area contributed by atoms with Crippen LogP contribution in [0.2, 0.25) is 0 Å². The van der Waals surface area contributed by atoms with Gasteiger partial charge in [-0.25, -0.2) is 0 Å². The maximum absolute atomic E-state index is 16.0. The Bertz CT molecular complexity index is 3010. The van der Waals surface area contributed by atoms with Crippen LogP contribution >= 0.6 is 0 Å². The van der Waals surface area contributed by atoms with Crippen LogP contribution < -0.4 is 0 Å². The minimum Gasteiger partial charge on any atom is -0.462 e. The molecule has 104 heavy (non-hydrogen) atoms. The van der Waals surface area contributed by atoms with Crippen molar-refractivity contribution in [3.63, 3.8) is 0 Å². The standard InChI is InChI=1S/C71H114O33/c1-28(75)19-42(78)92-29(2)20-43(79)93-30(3)21-44(80)99-56-33(6)96-64(58(53(56)89)102-61-52(88)49(85)55(32(5)95-61)100-63-54(90)57(38(26-73)98-63)101-60-50(86)47(83)45(81)31(4)94-60)104-65(91)71-18-17-66(7,8)22-35(71)34-13-14-40-67(9)23-36(76)59(103-62-51(87)48(84)46(82)37(25-72)97-62)68(10,27-74)39(67)15-16-69(40,11)70(34,12)24-41(71)77/h13,28-33,35-41,45-64,72-77,81-90H,14-27H2,1-12H3. The maximum Gasteiger partial charge on any atom is 0.317 e. The van der Waals surface area contributed by atoms with E-state index in [1.54, 1.807) is 6.92 Å². The molecule has 0 radical (unpaired) electrons. The highest BCUT2D eigenvalue weighted by atomic mass is 16.8. The Morgan fingerprint density at radius 2 is 1.04 bits per heavy atom. The number of carbonyl (C=O) groups is 4. The van der Waals surface area contributed by atoms with Crippen molar-refractivity contribution >= 4 is 23.9 Å². The molecule has 33 heteroatoms. The van der Waals surface area contributed by atoms with Crippen LogP contribution in [-0.4, -0.2) is 309 Å². The lowest BCUT2D eigenvalue weighted by Crippen LogP contribution is -2.70. The topological polar surface area (TPSA) is 512 Å². The molecule has 33 nitrogen and oxygen atoms in total. The molecule has 0 aromatic heterocycles. The van der Waals surface area contributed by atoms with Crippen LogP contribution in [0.1, 0.15) is 154 Å². The van der Waals surface area contributed by atoms with Gasteiger partial charge in [-0.05, 0) is 132 Å². The Balaban J connectivity index is 0.901. The van der Waals surface area contributed by atoms with Crippen molar-refractivity contribution in [3.8, 4) is 0 Å². The highest BCUT2D eigenvalue weighted by Gasteiger charge is 2.74. The number of esters is 4. The van der Waals surface area contributed by atoms with Gasteiger partial charge in [-0.1, -0.05) is 53.2 Å². The molecule has 596 valence electrons. The summed E-state index contributed by atoms with van der Waals surface area (Å²) in [5.74, 6) is -4.80. The van der Waals surface area contributed by atoms with Crippen molar-refractivity contribution in [2.75, 3.05) is 19.8 Å². The van der Waals surface area contributed by atoms with E-state index in [1.165, 1.54) is 41.5 Å². The van der Waals surface area contributed by atoms with Gasteiger partial charge in [-0.2, -0.15) is 0 Å². The van der Waals surface area contributed by atoms with E-state index in [9.17, 15) is 96.1 Å². The Morgan fingerprint density at radius 3 is 1.65 bits per heavy atom. The van der Waals surface area contributed by atoms with Gasteiger partial charge in [-0.3, -0.25) is 19.2 Å². The quantitative estimate of drug-likeness (QED) is 0.0229. The molecule has 4 saturated carbocycles. The molecule has 0 aromatic carbocycles. The molecule has 10 aliphatic rings. The molecule has 0 aromatic rings. The first kappa shape index (κ1) is 83.1. The number of carbonyl (C=O) groups excluding carboxylic acids is 4. The van der Waals surface area contributed by atoms with Crippen LogP contribution in [0.5, 0.6) is 0 Å². The number of hydrogen-bond donors (Lipinski definition) is 16. The molecule has 16 N–H and O–H groups in total. The van der Waals surface area contributed by atoms with Crippen LogP contribution in [0.15, 0.2) is 11.6 Å². The van der Waals surface area contributed by atoms with Gasteiger partial charge in [0, 0.05) is 5.41 Å². The molecule has 5 saturated heterocycles. The fourth-order valence-electron chi connectivity index (χ4n) is 19.6. The predicted octanol–water partition coefficient (Wildman–Crippen LogP) is -2.61. The lowest BCUT2D eigenvalue weighted by atomic mass is 9.33. The molecule has 38 unspecified atom stereocenters. The Morgan fingerprint density at radius 1 is 0.510 bits per heavy atom. The number of aliphatic hydroxyl groups excluding tert-OH is 16. The third-order valence-corrected chi connectivity index (χ3v) is 25.5. The average molecular weight is 1500 g/mol. The zero-order valence-electron chi connectivity index (χ0n) is 61.1. The van der Waals surface area contributed by atoms with E-state index in [0.717, 1.165) is 5.57 Å². The largest absolute Gasteiger partial charge is 0.462 e. The summed E-state index contributed by atoms with van der Waals surface area (Å²) >= 11 is 0. The Kier molecular flexibility index (Phi) is 25.4. The summed E-state index contributed by atoms with van der Waals surface area (Å²) in [4.78, 5) is 54.9. The van der Waals surface area contributed by atoms with Crippen molar-refractivity contribution in [2.45, 2.75) is 338 Å². The Hall–Kier alpha value is -3.38. The Labute approximate surface area is 603 Å². The number of allylic oxidation sites excluding steroid dienone is 2. The van der Waals surface area contributed by atoms with E-state index < -0.39 is 279 Å². The monoisotopic (exact) mass is 1490 g/mol. The van der Waals surface area contributed by atoms with Gasteiger partial charge in [0.1, 0.15) is 103 Å². The second kappa shape index (κ2) is 31.8. The highest BCUT2D eigenvalue weighted by molar-refractivity contribution is 5.80. The van der Waals surface area contributed by atoms with E-state index in [-0.39, 0.29) is 37.5 Å². The molecule has 0 spiro atoms. The fourth-order valence-corrected chi connectivity index (χ4v) is 19.6. The van der Waals surface area contributed by atoms with Crippen molar-refractivity contribution in [2.24, 2.45) is 50.2 Å². The summed E-state index contributed by atoms with van der Waals surface area (Å²) in [6, 6.07) is 0. The van der Waals surface area contributed by atoms with Crippen molar-refractivity contribution in [1.29, 1.82) is 0 Å². The van der Waals surface area contributed by atoms with E-state index in [2.05, 4.69) is 40.7 Å². The fraction of sp³-hybridized carbons (Fsp3) is 0.915. The van der Waals surface area contributed by atoms with Gasteiger partial charge in [0.15, 0.2) is 37.4 Å². The SMILES string of the molecule is CC(O)CC(=O)OC(C)CC(=O)OC(C)CC(=O)OC1C(C)OC(OC(=O)C23CCC(C)(C)CC2C2=CCC4C5(C)CC(O)C(OC6OC(CO)C(O)C(O)C6O)C(C)(CO)C5CCC4(C)C2(C)CC3O)C(OC2OC(C)C(OC3OC(CO)C(OC4OC(C)C(O)C(O)C4O)C3O)C(O)C2O)C1O. The summed E-state index contributed by atoms with van der Waals surface area (Å²) in [5, 5.41) is 179. The molecule has 10 rings (SSSR count). The zero-order chi connectivity index (χ0) is 76.7. The summed E-state index contributed by atoms with van der Waals surface area (Å²) in [6.07, 6.45) is -43.6. The lowest BCUT2D eigenvalue weighted by Gasteiger charge is -2.72. The van der Waals surface area contributed by atoms with Crippen LogP contribution in [0, 0.1) is 50.2 Å². The van der Waals surface area contributed by atoms with Gasteiger partial charge in [-0.15, -0.1) is 0 Å². The van der Waals surface area contributed by atoms with Gasteiger partial charge >= 0.3 is 23.9 Å². The molecule has 38 atom stereocenters. The smallest absolute Gasteiger partial charge is 0.317 e. The zero-order valence-corrected chi connectivity index (χ0v) is 61.1. The molecule has 0 bridgehead atoms. The third kappa shape index (κ3) is 15.3. The molecule has 5 heterocycles. The molecular formula is C71H114O33. The van der Waals surface area contributed by atoms with Crippen LogP contribution in [0.4, 0.5) is 0 Å². The first-order valence-corrected chi connectivity index (χ1v) is 36.6. The third-order valence-electron chi connectivity index (χ3n) is 25.5. The summed E-state index contributed by atoms with van der Waals surface area (Å²) < 4.78 is 77.1. The van der Waals surface area contributed by atoms with Gasteiger partial charge in [0.2, 0.25) is 6.29 Å². The van der Waals surface area contributed by atoms with Crippen LogP contribution in [0.25, 0.3) is 0 Å².